The third kappa shape index (κ3) is 5.65. The minimum absolute atomic E-state index is 0.0403. The molecular weight excluding hydrogens is 434 g/mol. The molecule has 1 heterocycles. The molecule has 2 amide bonds. The highest BCUT2D eigenvalue weighted by Crippen LogP contribution is 2.41. The van der Waals surface area contributed by atoms with Gasteiger partial charge >= 0.3 is 6.03 Å². The van der Waals surface area contributed by atoms with Crippen molar-refractivity contribution < 1.29 is 35.1 Å². The highest BCUT2D eigenvalue weighted by Gasteiger charge is 2.58. The molecule has 2 rings (SSSR count). The van der Waals surface area contributed by atoms with Crippen LogP contribution < -0.4 is 0 Å². The first-order chi connectivity index (χ1) is 14.6. The topological polar surface area (TPSA) is 163 Å². The van der Waals surface area contributed by atoms with Gasteiger partial charge in [-0.1, -0.05) is 33.1 Å². The fourth-order valence-electron chi connectivity index (χ4n) is 4.34. The van der Waals surface area contributed by atoms with Gasteiger partial charge in [0, 0.05) is 18.3 Å². The first-order valence-electron chi connectivity index (χ1n) is 10.7. The van der Waals surface area contributed by atoms with E-state index in [9.17, 15) is 35.2 Å². The van der Waals surface area contributed by atoms with Gasteiger partial charge in [0.1, 0.15) is 24.4 Å². The Hall–Kier alpha value is -1.08. The second-order valence-corrected chi connectivity index (χ2v) is 9.11. The molecule has 1 aliphatic carbocycles. The number of halogens is 1. The standard InChI is InChI=1S/C19H34ClN3O8/c1-11(2)10-22(18(28)23(21-30)9-8-20)17(27)15-13(24)14(25)16(26)19(29,31-15)12-6-4-3-5-7-12/h11-17,24-27,29H,3-10H2,1-2H3/t13-,14-,15-,16+,17?,19-/m0/s1. The Labute approximate surface area is 186 Å². The Kier molecular flexibility index (Phi) is 9.43. The zero-order valence-electron chi connectivity index (χ0n) is 17.9. The molecule has 180 valence electrons. The largest absolute Gasteiger partial charge is 0.387 e. The molecule has 0 spiro atoms. The quantitative estimate of drug-likeness (QED) is 0.148. The van der Waals surface area contributed by atoms with Crippen LogP contribution in [0.3, 0.4) is 0 Å². The van der Waals surface area contributed by atoms with Crippen LogP contribution in [0.5, 0.6) is 0 Å². The monoisotopic (exact) mass is 467 g/mol. The van der Waals surface area contributed by atoms with E-state index in [1.54, 1.807) is 13.8 Å². The molecule has 5 N–H and O–H groups in total. The van der Waals surface area contributed by atoms with Gasteiger partial charge in [-0.15, -0.1) is 16.5 Å². The second kappa shape index (κ2) is 11.2. The molecule has 1 saturated carbocycles. The third-order valence-corrected chi connectivity index (χ3v) is 6.15. The number of ether oxygens (including phenoxy) is 1. The van der Waals surface area contributed by atoms with Crippen molar-refractivity contribution >= 4 is 17.6 Å². The molecule has 1 aliphatic heterocycles. The van der Waals surface area contributed by atoms with E-state index in [4.69, 9.17) is 16.3 Å². The van der Waals surface area contributed by atoms with Crippen molar-refractivity contribution in [3.63, 3.8) is 0 Å². The van der Waals surface area contributed by atoms with E-state index in [1.165, 1.54) is 0 Å². The first-order valence-corrected chi connectivity index (χ1v) is 11.2. The number of nitroso groups, excluding NO2 is 1. The summed E-state index contributed by atoms with van der Waals surface area (Å²) in [5, 5.41) is 56.7. The molecule has 0 bridgehead atoms. The SMILES string of the molecule is CC(C)CN(C(=O)N(CCCl)N=O)C(O)[C@H]1O[C@@](O)(C2CCCCC2)[C@H](O)[C@@H](O)[C@@H]1O. The predicted molar refractivity (Wildman–Crippen MR) is 111 cm³/mol. The van der Waals surface area contributed by atoms with Crippen molar-refractivity contribution in [2.75, 3.05) is 19.0 Å². The Bertz CT molecular complexity index is 605. The summed E-state index contributed by atoms with van der Waals surface area (Å²) in [6, 6.07) is -0.963. The van der Waals surface area contributed by atoms with Crippen LogP contribution in [0.4, 0.5) is 4.79 Å². The Morgan fingerprint density at radius 2 is 1.81 bits per heavy atom. The number of nitrogens with zero attached hydrogens (tertiary/aromatic N) is 3. The number of aliphatic hydroxyl groups excluding tert-OH is 4. The van der Waals surface area contributed by atoms with Crippen molar-refractivity contribution in [2.24, 2.45) is 17.1 Å². The van der Waals surface area contributed by atoms with Crippen LogP contribution in [-0.4, -0.2) is 96.9 Å². The minimum Gasteiger partial charge on any atom is -0.387 e. The van der Waals surface area contributed by atoms with Crippen molar-refractivity contribution in [2.45, 2.75) is 82.4 Å². The minimum atomic E-state index is -2.21. The summed E-state index contributed by atoms with van der Waals surface area (Å²) >= 11 is 5.61. The number of carbonyl (C=O) groups excluding carboxylic acids is 1. The summed E-state index contributed by atoms with van der Waals surface area (Å²) in [5.41, 5.74) is 0. The van der Waals surface area contributed by atoms with Crippen LogP contribution in [-0.2, 0) is 4.74 Å². The van der Waals surface area contributed by atoms with E-state index in [2.05, 4.69) is 5.29 Å². The van der Waals surface area contributed by atoms with Crippen LogP contribution in [0.1, 0.15) is 46.0 Å². The summed E-state index contributed by atoms with van der Waals surface area (Å²) in [6.07, 6.45) is -5.28. The highest BCUT2D eigenvalue weighted by atomic mass is 35.5. The van der Waals surface area contributed by atoms with Crippen molar-refractivity contribution in [1.29, 1.82) is 0 Å². The van der Waals surface area contributed by atoms with Crippen molar-refractivity contribution in [3.05, 3.63) is 4.91 Å². The number of amides is 2. The van der Waals surface area contributed by atoms with Crippen molar-refractivity contribution in [3.8, 4) is 0 Å². The number of carbonyl (C=O) groups is 1. The molecule has 1 unspecified atom stereocenters. The summed E-state index contributed by atoms with van der Waals surface area (Å²) in [6.45, 7) is 3.29. The fourth-order valence-corrected chi connectivity index (χ4v) is 4.50. The lowest BCUT2D eigenvalue weighted by Gasteiger charge is -2.51. The number of alkyl halides is 1. The van der Waals surface area contributed by atoms with E-state index in [0.717, 1.165) is 24.2 Å². The van der Waals surface area contributed by atoms with Gasteiger partial charge in [0.25, 0.3) is 0 Å². The van der Waals surface area contributed by atoms with E-state index in [0.29, 0.717) is 17.9 Å². The lowest BCUT2D eigenvalue weighted by molar-refractivity contribution is -0.382. The molecule has 1 saturated heterocycles. The van der Waals surface area contributed by atoms with Gasteiger partial charge in [0.15, 0.2) is 12.0 Å². The third-order valence-electron chi connectivity index (χ3n) is 5.99. The zero-order chi connectivity index (χ0) is 23.3. The Morgan fingerprint density at radius 1 is 1.19 bits per heavy atom. The van der Waals surface area contributed by atoms with Crippen molar-refractivity contribution in [1.82, 2.24) is 9.91 Å². The molecule has 12 heteroatoms. The van der Waals surface area contributed by atoms with Crippen LogP contribution in [0, 0.1) is 16.7 Å². The molecular formula is C19H34ClN3O8. The van der Waals surface area contributed by atoms with E-state index in [-0.39, 0.29) is 24.9 Å². The van der Waals surface area contributed by atoms with Crippen LogP contribution >= 0.6 is 11.6 Å². The predicted octanol–water partition coefficient (Wildman–Crippen LogP) is 0.355. The van der Waals surface area contributed by atoms with Gasteiger partial charge in [0.05, 0.1) is 11.8 Å². The maximum Gasteiger partial charge on any atom is 0.345 e. The van der Waals surface area contributed by atoms with Crippen LogP contribution in [0.2, 0.25) is 0 Å². The van der Waals surface area contributed by atoms with Crippen LogP contribution in [0.25, 0.3) is 0 Å². The molecule has 0 aromatic heterocycles. The molecule has 2 aliphatic rings. The molecule has 0 aromatic rings. The summed E-state index contributed by atoms with van der Waals surface area (Å²) in [7, 11) is 0. The lowest BCUT2D eigenvalue weighted by Crippen LogP contribution is -2.71. The van der Waals surface area contributed by atoms with Gasteiger partial charge in [-0.2, -0.15) is 5.01 Å². The molecule has 6 atom stereocenters. The first kappa shape index (κ1) is 26.2. The number of hydrogen-bond donors (Lipinski definition) is 5. The molecule has 0 radical (unpaired) electrons. The number of hydrogen-bond acceptors (Lipinski definition) is 9. The smallest absolute Gasteiger partial charge is 0.345 e. The zero-order valence-corrected chi connectivity index (χ0v) is 18.6. The van der Waals surface area contributed by atoms with Gasteiger partial charge in [-0.05, 0) is 18.8 Å². The van der Waals surface area contributed by atoms with E-state index < -0.39 is 48.4 Å². The molecule has 0 aromatic carbocycles. The highest BCUT2D eigenvalue weighted by molar-refractivity contribution is 6.18. The maximum atomic E-state index is 12.8. The molecule has 11 nitrogen and oxygen atoms in total. The average Bonchev–Trinajstić information content (AvgIpc) is 2.76. The van der Waals surface area contributed by atoms with Gasteiger partial charge in [-0.25, -0.2) is 4.79 Å². The van der Waals surface area contributed by atoms with Gasteiger partial charge in [0.2, 0.25) is 0 Å². The second-order valence-electron chi connectivity index (χ2n) is 8.73. The number of aliphatic hydroxyl groups is 5. The number of rotatable bonds is 8. The van der Waals surface area contributed by atoms with Gasteiger partial charge in [-0.3, -0.25) is 4.90 Å². The Balaban J connectivity index is 2.33. The average molecular weight is 468 g/mol. The van der Waals surface area contributed by atoms with Gasteiger partial charge < -0.3 is 30.3 Å². The lowest BCUT2D eigenvalue weighted by atomic mass is 9.77. The summed E-state index contributed by atoms with van der Waals surface area (Å²) in [5.74, 6) is -2.96. The Morgan fingerprint density at radius 3 is 2.32 bits per heavy atom. The fraction of sp³-hybridized carbons (Fsp3) is 0.947. The molecule has 31 heavy (non-hydrogen) atoms. The normalized spacial score (nSPS) is 33.2. The number of urea groups is 1. The summed E-state index contributed by atoms with van der Waals surface area (Å²) in [4.78, 5) is 24.8. The molecule has 2 fully saturated rings. The van der Waals surface area contributed by atoms with Crippen LogP contribution in [0.15, 0.2) is 5.29 Å². The maximum absolute atomic E-state index is 12.8. The van der Waals surface area contributed by atoms with E-state index in [1.807, 2.05) is 0 Å². The van der Waals surface area contributed by atoms with E-state index >= 15 is 0 Å². The summed E-state index contributed by atoms with van der Waals surface area (Å²) < 4.78 is 5.65.